The number of hydrogen-bond donors (Lipinski definition) is 0. The van der Waals surface area contributed by atoms with E-state index in [1.54, 1.807) is 19.2 Å². The molecule has 2 aromatic carbocycles. The molecule has 28 heavy (non-hydrogen) atoms. The summed E-state index contributed by atoms with van der Waals surface area (Å²) in [6.07, 6.45) is 3.39. The van der Waals surface area contributed by atoms with Crippen LogP contribution < -0.4 is 24.3 Å². The third-order valence-electron chi connectivity index (χ3n) is 4.07. The molecular weight excluding hydrogens is 370 g/mol. The van der Waals surface area contributed by atoms with Crippen LogP contribution >= 0.6 is 8.58 Å². The molecule has 0 spiro atoms. The summed E-state index contributed by atoms with van der Waals surface area (Å²) in [7, 11) is 4.57. The third kappa shape index (κ3) is 6.74. The molecule has 7 heteroatoms. The van der Waals surface area contributed by atoms with Crippen LogP contribution in [0.2, 0.25) is 0 Å². The van der Waals surface area contributed by atoms with Crippen molar-refractivity contribution in [2.45, 2.75) is 26.2 Å². The normalized spacial score (nSPS) is 10.4. The zero-order valence-electron chi connectivity index (χ0n) is 17.3. The molecule has 0 bridgehead atoms. The fraction of sp³-hybridized carbons (Fsp3) is 0.381. The maximum Gasteiger partial charge on any atom is 0.193 e. The summed E-state index contributed by atoms with van der Waals surface area (Å²) in [6.45, 7) is 2.88. The number of methoxy groups -OCH3 is 3. The predicted molar refractivity (Wildman–Crippen MR) is 116 cm³/mol. The van der Waals surface area contributed by atoms with Gasteiger partial charge < -0.3 is 18.9 Å². The molecule has 0 aromatic heterocycles. The summed E-state index contributed by atoms with van der Waals surface area (Å²) in [5.74, 6) is 2.29. The van der Waals surface area contributed by atoms with Gasteiger partial charge in [0, 0.05) is 31.0 Å². The van der Waals surface area contributed by atoms with Crippen LogP contribution in [0.5, 0.6) is 23.0 Å². The Labute approximate surface area is 181 Å². The van der Waals surface area contributed by atoms with E-state index in [0.717, 1.165) is 17.5 Å². The number of ether oxygens (including phenoxy) is 4. The number of carbonyl (C=O) groups is 1. The largest absolute Gasteiger partial charge is 0.496 e. The van der Waals surface area contributed by atoms with Crippen molar-refractivity contribution >= 4 is 38.3 Å². The van der Waals surface area contributed by atoms with Crippen LogP contribution in [-0.2, 0) is 0 Å². The molecule has 2 aromatic rings. The van der Waals surface area contributed by atoms with Crippen molar-refractivity contribution in [2.75, 3.05) is 27.9 Å². The predicted octanol–water partition coefficient (Wildman–Crippen LogP) is 4.04. The van der Waals surface area contributed by atoms with Crippen molar-refractivity contribution in [1.29, 1.82) is 0 Å². The second kappa shape index (κ2) is 12.7. The number of rotatable bonds is 11. The van der Waals surface area contributed by atoms with E-state index in [9.17, 15) is 4.79 Å². The van der Waals surface area contributed by atoms with Crippen LogP contribution in [-0.4, -0.2) is 52.3 Å². The molecule has 147 valence electrons. The van der Waals surface area contributed by atoms with Crippen molar-refractivity contribution in [1.82, 2.24) is 0 Å². The van der Waals surface area contributed by atoms with Gasteiger partial charge in [-0.1, -0.05) is 31.9 Å². The Morgan fingerprint density at radius 2 is 1.50 bits per heavy atom. The number of unbranched alkanes of at least 4 members (excludes halogenated alkanes) is 2. The fourth-order valence-electron chi connectivity index (χ4n) is 2.60. The molecule has 0 heterocycles. The minimum absolute atomic E-state index is 0. The third-order valence-corrected chi connectivity index (χ3v) is 5.17. The maximum absolute atomic E-state index is 12.9. The Hall–Kier alpha value is -1.66. The average molecular weight is 397 g/mol. The van der Waals surface area contributed by atoms with Crippen LogP contribution in [0, 0.1) is 0 Å². The van der Waals surface area contributed by atoms with Crippen LogP contribution in [0.1, 0.15) is 36.5 Å². The smallest absolute Gasteiger partial charge is 0.193 e. The summed E-state index contributed by atoms with van der Waals surface area (Å²) in [4.78, 5) is 12.9. The molecule has 1 atom stereocenters. The molecule has 0 aliphatic carbocycles. The number of benzene rings is 2. The van der Waals surface area contributed by atoms with Crippen LogP contribution in [0.3, 0.4) is 0 Å². The second-order valence-electron chi connectivity index (χ2n) is 5.94. The second-order valence-corrected chi connectivity index (χ2v) is 7.22. The van der Waals surface area contributed by atoms with Crippen LogP contribution in [0.15, 0.2) is 36.4 Å². The molecular formula is C21H27LiO5P. The first-order valence-corrected chi connectivity index (χ1v) is 9.97. The molecule has 0 aliphatic rings. The van der Waals surface area contributed by atoms with Gasteiger partial charge >= 0.3 is 0 Å². The Morgan fingerprint density at radius 3 is 2.00 bits per heavy atom. The van der Waals surface area contributed by atoms with Gasteiger partial charge in [-0.25, -0.2) is 0 Å². The molecule has 5 nitrogen and oxygen atoms in total. The van der Waals surface area contributed by atoms with Gasteiger partial charge in [-0.3, -0.25) is 4.79 Å². The molecule has 0 fully saturated rings. The molecule has 0 saturated heterocycles. The Bertz CT molecular complexity index is 724. The van der Waals surface area contributed by atoms with Gasteiger partial charge in [-0.15, -0.1) is 0 Å². The summed E-state index contributed by atoms with van der Waals surface area (Å²) < 4.78 is 21.7. The van der Waals surface area contributed by atoms with Gasteiger partial charge in [0.15, 0.2) is 5.52 Å². The summed E-state index contributed by atoms with van der Waals surface area (Å²) in [5, 5.41) is 0.931. The van der Waals surface area contributed by atoms with E-state index in [2.05, 4.69) is 6.92 Å². The van der Waals surface area contributed by atoms with Gasteiger partial charge in [0.2, 0.25) is 0 Å². The molecule has 0 saturated carbocycles. The van der Waals surface area contributed by atoms with E-state index in [-0.39, 0.29) is 33.0 Å². The molecule has 0 amide bonds. The standard InChI is InChI=1S/C21H27O5P.Li/c1-5-6-7-12-26-15-8-10-17(11-9-15)27-21(22)20-18(24-3)13-16(23-2)14-19(20)25-4;/h8-11,13-14,27H,5-7,12H2,1-4H3;. The van der Waals surface area contributed by atoms with Crippen molar-refractivity contribution in [3.63, 3.8) is 0 Å². The molecule has 0 aliphatic heterocycles. The summed E-state index contributed by atoms with van der Waals surface area (Å²) >= 11 is 0. The van der Waals surface area contributed by atoms with Crippen molar-refractivity contribution in [3.8, 4) is 23.0 Å². The Morgan fingerprint density at radius 1 is 0.893 bits per heavy atom. The van der Waals surface area contributed by atoms with Gasteiger partial charge in [-0.05, 0) is 32.4 Å². The van der Waals surface area contributed by atoms with Gasteiger partial charge in [0.25, 0.3) is 0 Å². The minimum Gasteiger partial charge on any atom is -0.496 e. The Kier molecular flexibility index (Phi) is 11.1. The van der Waals surface area contributed by atoms with E-state index in [1.807, 2.05) is 24.3 Å². The molecule has 2 rings (SSSR count). The van der Waals surface area contributed by atoms with Gasteiger partial charge in [0.1, 0.15) is 28.6 Å². The van der Waals surface area contributed by atoms with Gasteiger partial charge in [0.05, 0.1) is 27.9 Å². The minimum atomic E-state index is -0.0528. The molecule has 1 radical (unpaired) electrons. The SMILES string of the molecule is CCCCCOc1ccc(PC(=O)c2c(OC)cc(OC)cc2OC)cc1.[Li]. The number of hydrogen-bond acceptors (Lipinski definition) is 5. The maximum atomic E-state index is 12.9. The number of carbonyl (C=O) groups excluding carboxylic acids is 1. The monoisotopic (exact) mass is 397 g/mol. The van der Waals surface area contributed by atoms with E-state index >= 15 is 0 Å². The summed E-state index contributed by atoms with van der Waals surface area (Å²) in [5.41, 5.74) is 0.377. The average Bonchev–Trinajstić information content (AvgIpc) is 2.71. The fourth-order valence-corrected chi connectivity index (χ4v) is 3.57. The molecule has 0 N–H and O–H groups in total. The first-order chi connectivity index (χ1) is 13.1. The van der Waals surface area contributed by atoms with E-state index in [0.29, 0.717) is 29.4 Å². The van der Waals surface area contributed by atoms with E-state index in [1.165, 1.54) is 27.1 Å². The van der Waals surface area contributed by atoms with Crippen molar-refractivity contribution in [2.24, 2.45) is 0 Å². The zero-order chi connectivity index (χ0) is 19.6. The van der Waals surface area contributed by atoms with E-state index < -0.39 is 0 Å². The molecule has 1 unspecified atom stereocenters. The van der Waals surface area contributed by atoms with Gasteiger partial charge in [-0.2, -0.15) is 0 Å². The first kappa shape index (κ1) is 24.4. The summed E-state index contributed by atoms with van der Waals surface area (Å²) in [6, 6.07) is 11.0. The zero-order valence-corrected chi connectivity index (χ0v) is 18.3. The first-order valence-electron chi connectivity index (χ1n) is 8.97. The Balaban J connectivity index is 0.00000392. The van der Waals surface area contributed by atoms with Crippen molar-refractivity contribution < 1.29 is 23.7 Å². The van der Waals surface area contributed by atoms with Crippen molar-refractivity contribution in [3.05, 3.63) is 42.0 Å². The topological polar surface area (TPSA) is 54.0 Å². The quantitative estimate of drug-likeness (QED) is 0.325. The van der Waals surface area contributed by atoms with Crippen LogP contribution in [0.4, 0.5) is 0 Å². The van der Waals surface area contributed by atoms with E-state index in [4.69, 9.17) is 18.9 Å². The van der Waals surface area contributed by atoms with Crippen LogP contribution in [0.25, 0.3) is 0 Å².